The van der Waals surface area contributed by atoms with Crippen molar-refractivity contribution in [2.24, 2.45) is 5.73 Å². The van der Waals surface area contributed by atoms with Crippen molar-refractivity contribution >= 4 is 17.2 Å². The fraction of sp³-hybridized carbons (Fsp3) is 0.533. The predicted octanol–water partition coefficient (Wildman–Crippen LogP) is 3.28. The maximum Gasteiger partial charge on any atom is 0.0870 e. The molecule has 0 saturated heterocycles. The van der Waals surface area contributed by atoms with E-state index in [2.05, 4.69) is 42.2 Å². The van der Waals surface area contributed by atoms with Crippen molar-refractivity contribution in [1.29, 1.82) is 0 Å². The number of hydrogen-bond acceptors (Lipinski definition) is 2. The highest BCUT2D eigenvalue weighted by Gasteiger charge is 2.27. The molecule has 0 bridgehead atoms. The highest BCUT2D eigenvalue weighted by molar-refractivity contribution is 7.80. The Hall–Kier alpha value is -0.930. The molecule has 0 spiro atoms. The Balaban J connectivity index is 2.14. The molecule has 0 radical (unpaired) electrons. The van der Waals surface area contributed by atoms with E-state index in [0.717, 1.165) is 6.54 Å². The Morgan fingerprint density at radius 3 is 2.50 bits per heavy atom. The Labute approximate surface area is 115 Å². The SMILES string of the molecule is CC(c1ccccc1)N(CC(N)=S)C1CCCC1. The van der Waals surface area contributed by atoms with Crippen molar-refractivity contribution in [3.8, 4) is 0 Å². The summed E-state index contributed by atoms with van der Waals surface area (Å²) in [6.45, 7) is 2.99. The van der Waals surface area contributed by atoms with Gasteiger partial charge in [-0.15, -0.1) is 0 Å². The molecule has 2 N–H and O–H groups in total. The van der Waals surface area contributed by atoms with E-state index in [1.54, 1.807) is 0 Å². The molecule has 3 heteroatoms. The lowest BCUT2D eigenvalue weighted by Crippen LogP contribution is -2.41. The van der Waals surface area contributed by atoms with Crippen LogP contribution in [0, 0.1) is 0 Å². The van der Waals surface area contributed by atoms with Gasteiger partial charge in [0.15, 0.2) is 0 Å². The third kappa shape index (κ3) is 3.30. The summed E-state index contributed by atoms with van der Waals surface area (Å²) in [4.78, 5) is 3.08. The van der Waals surface area contributed by atoms with Crippen LogP contribution < -0.4 is 5.73 Å². The van der Waals surface area contributed by atoms with Crippen molar-refractivity contribution < 1.29 is 0 Å². The number of hydrogen-bond donors (Lipinski definition) is 1. The number of rotatable bonds is 5. The van der Waals surface area contributed by atoms with Crippen molar-refractivity contribution in [1.82, 2.24) is 4.90 Å². The first-order valence-electron chi connectivity index (χ1n) is 6.77. The lowest BCUT2D eigenvalue weighted by atomic mass is 10.0. The van der Waals surface area contributed by atoms with E-state index in [1.807, 2.05) is 0 Å². The van der Waals surface area contributed by atoms with Gasteiger partial charge in [-0.05, 0) is 25.3 Å². The molecule has 0 heterocycles. The summed E-state index contributed by atoms with van der Waals surface area (Å²) in [5.41, 5.74) is 7.11. The smallest absolute Gasteiger partial charge is 0.0870 e. The van der Waals surface area contributed by atoms with E-state index >= 15 is 0 Å². The normalized spacial score (nSPS) is 18.1. The first-order valence-corrected chi connectivity index (χ1v) is 7.18. The zero-order valence-corrected chi connectivity index (χ0v) is 11.8. The van der Waals surface area contributed by atoms with Crippen LogP contribution in [0.2, 0.25) is 0 Å². The van der Waals surface area contributed by atoms with E-state index in [9.17, 15) is 0 Å². The van der Waals surface area contributed by atoms with Gasteiger partial charge in [0, 0.05) is 18.6 Å². The van der Waals surface area contributed by atoms with Crippen molar-refractivity contribution in [3.05, 3.63) is 35.9 Å². The predicted molar refractivity (Wildman–Crippen MR) is 80.6 cm³/mol. The van der Waals surface area contributed by atoms with Crippen molar-refractivity contribution in [2.75, 3.05) is 6.54 Å². The quantitative estimate of drug-likeness (QED) is 0.826. The molecule has 1 aliphatic rings. The number of nitrogens with two attached hydrogens (primary N) is 1. The number of benzene rings is 1. The van der Waals surface area contributed by atoms with Crippen LogP contribution in [0.1, 0.15) is 44.2 Å². The summed E-state index contributed by atoms with van der Waals surface area (Å²) < 4.78 is 0. The van der Waals surface area contributed by atoms with E-state index in [0.29, 0.717) is 17.1 Å². The van der Waals surface area contributed by atoms with Crippen molar-refractivity contribution in [3.63, 3.8) is 0 Å². The van der Waals surface area contributed by atoms with Gasteiger partial charge in [0.05, 0.1) is 4.99 Å². The molecule has 1 saturated carbocycles. The van der Waals surface area contributed by atoms with Gasteiger partial charge in [-0.3, -0.25) is 4.90 Å². The second kappa shape index (κ2) is 6.30. The summed E-state index contributed by atoms with van der Waals surface area (Å²) in [5.74, 6) is 0. The molecule has 1 aromatic rings. The second-order valence-electron chi connectivity index (χ2n) is 5.16. The van der Waals surface area contributed by atoms with Crippen LogP contribution in [0.15, 0.2) is 30.3 Å². The van der Waals surface area contributed by atoms with E-state index in [-0.39, 0.29) is 0 Å². The fourth-order valence-corrected chi connectivity index (χ4v) is 3.07. The molecule has 1 atom stereocenters. The van der Waals surface area contributed by atoms with Gasteiger partial charge in [0.2, 0.25) is 0 Å². The molecule has 1 fully saturated rings. The molecule has 2 rings (SSSR count). The lowest BCUT2D eigenvalue weighted by Gasteiger charge is -2.34. The summed E-state index contributed by atoms with van der Waals surface area (Å²) in [5, 5.41) is 0. The molecule has 1 aliphatic carbocycles. The van der Waals surface area contributed by atoms with Crippen molar-refractivity contribution in [2.45, 2.75) is 44.7 Å². The minimum absolute atomic E-state index is 0.385. The maximum absolute atomic E-state index is 5.77. The zero-order valence-electron chi connectivity index (χ0n) is 11.0. The monoisotopic (exact) mass is 262 g/mol. The number of nitrogens with zero attached hydrogens (tertiary/aromatic N) is 1. The largest absolute Gasteiger partial charge is 0.392 e. The van der Waals surface area contributed by atoms with Gasteiger partial charge in [-0.25, -0.2) is 0 Å². The standard InChI is InChI=1S/C15H22N2S/c1-12(13-7-3-2-4-8-13)17(11-15(16)18)14-9-5-6-10-14/h2-4,7-8,12,14H,5-6,9-11H2,1H3,(H2,16,18). The van der Waals surface area contributed by atoms with Crippen LogP contribution in [0.25, 0.3) is 0 Å². The third-order valence-electron chi connectivity index (χ3n) is 3.91. The molecule has 0 aromatic heterocycles. The number of thiocarbonyl (C=S) groups is 1. The van der Waals surface area contributed by atoms with Gasteiger partial charge in [-0.2, -0.15) is 0 Å². The molecule has 0 amide bonds. The summed E-state index contributed by atoms with van der Waals surface area (Å²) in [7, 11) is 0. The first kappa shape index (κ1) is 13.5. The Morgan fingerprint density at radius 2 is 1.94 bits per heavy atom. The highest BCUT2D eigenvalue weighted by Crippen LogP contribution is 2.30. The summed E-state index contributed by atoms with van der Waals surface area (Å²) in [6, 6.07) is 11.7. The van der Waals surface area contributed by atoms with Gasteiger partial charge < -0.3 is 5.73 Å². The molecular weight excluding hydrogens is 240 g/mol. The maximum atomic E-state index is 5.77. The molecule has 18 heavy (non-hydrogen) atoms. The molecule has 98 valence electrons. The molecular formula is C15H22N2S. The molecule has 0 aliphatic heterocycles. The third-order valence-corrected chi connectivity index (χ3v) is 4.04. The molecule has 1 unspecified atom stereocenters. The van der Waals surface area contributed by atoms with Crippen LogP contribution in [0.3, 0.4) is 0 Å². The van der Waals surface area contributed by atoms with Gasteiger partial charge in [-0.1, -0.05) is 55.4 Å². The Kier molecular flexibility index (Phi) is 4.72. The Bertz CT molecular complexity index is 385. The van der Waals surface area contributed by atoms with Crippen LogP contribution in [0.4, 0.5) is 0 Å². The first-order chi connectivity index (χ1) is 8.68. The van der Waals surface area contributed by atoms with Crippen LogP contribution in [-0.4, -0.2) is 22.5 Å². The topological polar surface area (TPSA) is 29.3 Å². The Morgan fingerprint density at radius 1 is 1.33 bits per heavy atom. The second-order valence-corrected chi connectivity index (χ2v) is 5.69. The molecule has 2 nitrogen and oxygen atoms in total. The van der Waals surface area contributed by atoms with E-state index in [4.69, 9.17) is 18.0 Å². The minimum Gasteiger partial charge on any atom is -0.392 e. The molecule has 1 aromatic carbocycles. The van der Waals surface area contributed by atoms with Gasteiger partial charge >= 0.3 is 0 Å². The van der Waals surface area contributed by atoms with Gasteiger partial charge in [0.25, 0.3) is 0 Å². The average Bonchev–Trinajstić information content (AvgIpc) is 2.89. The minimum atomic E-state index is 0.385. The lowest BCUT2D eigenvalue weighted by molar-refractivity contribution is 0.171. The van der Waals surface area contributed by atoms with Crippen LogP contribution >= 0.6 is 12.2 Å². The summed E-state index contributed by atoms with van der Waals surface area (Å²) in [6.07, 6.45) is 5.22. The zero-order chi connectivity index (χ0) is 13.0. The van der Waals surface area contributed by atoms with Crippen LogP contribution in [-0.2, 0) is 0 Å². The summed E-state index contributed by atoms with van der Waals surface area (Å²) >= 11 is 5.11. The average molecular weight is 262 g/mol. The van der Waals surface area contributed by atoms with E-state index in [1.165, 1.54) is 31.2 Å². The van der Waals surface area contributed by atoms with Gasteiger partial charge in [0.1, 0.15) is 0 Å². The fourth-order valence-electron chi connectivity index (χ4n) is 2.92. The highest BCUT2D eigenvalue weighted by atomic mass is 32.1. The van der Waals surface area contributed by atoms with Crippen LogP contribution in [0.5, 0.6) is 0 Å². The van der Waals surface area contributed by atoms with E-state index < -0.39 is 0 Å².